The lowest BCUT2D eigenvalue weighted by atomic mass is 9.99. The third-order valence-corrected chi connectivity index (χ3v) is 2.54. The molecule has 0 N–H and O–H groups in total. The fraction of sp³-hybridized carbons (Fsp3) is 0.500. The molecule has 0 amide bonds. The number of benzene rings is 1. The third kappa shape index (κ3) is 3.58. The summed E-state index contributed by atoms with van der Waals surface area (Å²) in [6.07, 6.45) is 3.48. The van der Waals surface area contributed by atoms with Crippen molar-refractivity contribution < 1.29 is 5.82 Å². The first-order valence-electron chi connectivity index (χ1n) is 4.96. The highest BCUT2D eigenvalue weighted by atomic mass is 19.1. The maximum absolute atomic E-state index is 12.6. The van der Waals surface area contributed by atoms with Crippen molar-refractivity contribution in [2.24, 2.45) is 5.92 Å². The predicted octanol–water partition coefficient (Wildman–Crippen LogP) is 4.05. The molecular weight excluding hydrogens is 163 g/mol. The van der Waals surface area contributed by atoms with Gasteiger partial charge >= 0.3 is 0 Å². The van der Waals surface area contributed by atoms with Gasteiger partial charge in [-0.1, -0.05) is 32.4 Å². The van der Waals surface area contributed by atoms with Gasteiger partial charge in [-0.3, -0.25) is 0 Å². The molecule has 1 aromatic carbocycles. The maximum Gasteiger partial charge on any atom is 0.123 e. The summed E-state index contributed by atoms with van der Waals surface area (Å²) < 4.78 is 12.6. The van der Waals surface area contributed by atoms with Crippen molar-refractivity contribution >= 4 is 0 Å². The van der Waals surface area contributed by atoms with Gasteiger partial charge in [-0.2, -0.15) is 0 Å². The molecular formula is C12H19F. The summed E-state index contributed by atoms with van der Waals surface area (Å²) in [6.45, 7) is 4.46. The first-order chi connectivity index (χ1) is 6.22. The molecule has 1 unspecified atom stereocenters. The summed E-state index contributed by atoms with van der Waals surface area (Å²) >= 11 is 0. The Labute approximate surface area is 81.3 Å². The minimum atomic E-state index is -0.146. The lowest BCUT2D eigenvalue weighted by molar-refractivity contribution is 0.516. The SMILES string of the molecule is CCC(C)CCc1ccc(F)cc1.[HH]. The fourth-order valence-electron chi connectivity index (χ4n) is 1.27. The first-order valence-corrected chi connectivity index (χ1v) is 4.96. The second-order valence-corrected chi connectivity index (χ2v) is 3.68. The minimum absolute atomic E-state index is 0. The van der Waals surface area contributed by atoms with E-state index < -0.39 is 0 Å². The van der Waals surface area contributed by atoms with Crippen LogP contribution in [0.3, 0.4) is 0 Å². The topological polar surface area (TPSA) is 0 Å². The molecule has 1 rings (SSSR count). The number of halogens is 1. The lowest BCUT2D eigenvalue weighted by Gasteiger charge is -2.07. The van der Waals surface area contributed by atoms with Crippen molar-refractivity contribution in [2.45, 2.75) is 33.1 Å². The van der Waals surface area contributed by atoms with Gasteiger partial charge in [-0.15, -0.1) is 0 Å². The van der Waals surface area contributed by atoms with Crippen LogP contribution < -0.4 is 0 Å². The second-order valence-electron chi connectivity index (χ2n) is 3.68. The van der Waals surface area contributed by atoms with Crippen molar-refractivity contribution in [2.75, 3.05) is 0 Å². The van der Waals surface area contributed by atoms with Crippen molar-refractivity contribution in [3.63, 3.8) is 0 Å². The van der Waals surface area contributed by atoms with Gasteiger partial charge in [0.25, 0.3) is 0 Å². The smallest absolute Gasteiger partial charge is 0.123 e. The minimum Gasteiger partial charge on any atom is -0.207 e. The number of hydrogen-bond acceptors (Lipinski definition) is 0. The summed E-state index contributed by atoms with van der Waals surface area (Å²) in [7, 11) is 0. The molecule has 1 aromatic rings. The molecule has 1 atom stereocenters. The van der Waals surface area contributed by atoms with Gasteiger partial charge in [0.1, 0.15) is 5.82 Å². The number of hydrogen-bond donors (Lipinski definition) is 0. The number of aryl methyl sites for hydroxylation is 1. The van der Waals surface area contributed by atoms with Gasteiger partial charge in [0, 0.05) is 1.43 Å². The largest absolute Gasteiger partial charge is 0.207 e. The highest BCUT2D eigenvalue weighted by molar-refractivity contribution is 5.15. The summed E-state index contributed by atoms with van der Waals surface area (Å²) in [5.74, 6) is 0.623. The Morgan fingerprint density at radius 1 is 1.31 bits per heavy atom. The van der Waals surface area contributed by atoms with E-state index in [1.807, 2.05) is 12.1 Å². The molecule has 0 saturated heterocycles. The molecule has 74 valence electrons. The predicted molar refractivity (Wildman–Crippen MR) is 56.3 cm³/mol. The van der Waals surface area contributed by atoms with Gasteiger partial charge in [0.2, 0.25) is 0 Å². The molecule has 0 bridgehead atoms. The van der Waals surface area contributed by atoms with Crippen LogP contribution in [0.4, 0.5) is 4.39 Å². The van der Waals surface area contributed by atoms with Crippen LogP contribution in [0, 0.1) is 11.7 Å². The van der Waals surface area contributed by atoms with E-state index in [0.717, 1.165) is 12.3 Å². The van der Waals surface area contributed by atoms with E-state index in [2.05, 4.69) is 13.8 Å². The Hall–Kier alpha value is -0.850. The average molecular weight is 182 g/mol. The van der Waals surface area contributed by atoms with Gasteiger partial charge in [-0.05, 0) is 36.5 Å². The van der Waals surface area contributed by atoms with Crippen molar-refractivity contribution in [1.82, 2.24) is 0 Å². The van der Waals surface area contributed by atoms with Gasteiger partial charge in [-0.25, -0.2) is 4.39 Å². The summed E-state index contributed by atoms with van der Waals surface area (Å²) in [5, 5.41) is 0. The molecule has 0 aliphatic rings. The van der Waals surface area contributed by atoms with Gasteiger partial charge in [0.05, 0.1) is 0 Å². The number of rotatable bonds is 4. The molecule has 0 spiro atoms. The third-order valence-electron chi connectivity index (χ3n) is 2.54. The van der Waals surface area contributed by atoms with Crippen molar-refractivity contribution in [1.29, 1.82) is 0 Å². The average Bonchev–Trinajstić information content (AvgIpc) is 2.16. The molecule has 0 aromatic heterocycles. The molecule has 13 heavy (non-hydrogen) atoms. The molecule has 0 radical (unpaired) electrons. The second kappa shape index (κ2) is 5.00. The van der Waals surface area contributed by atoms with Crippen molar-refractivity contribution in [3.8, 4) is 0 Å². The van der Waals surface area contributed by atoms with E-state index in [4.69, 9.17) is 0 Å². The first kappa shape index (κ1) is 10.2. The Morgan fingerprint density at radius 2 is 1.92 bits per heavy atom. The molecule has 0 aliphatic carbocycles. The molecule has 0 nitrogen and oxygen atoms in total. The molecule has 0 saturated carbocycles. The zero-order valence-electron chi connectivity index (χ0n) is 8.39. The maximum atomic E-state index is 12.6. The van der Waals surface area contributed by atoms with Crippen LogP contribution in [-0.2, 0) is 6.42 Å². The van der Waals surface area contributed by atoms with Crippen LogP contribution in [0.2, 0.25) is 0 Å². The van der Waals surface area contributed by atoms with Crippen LogP contribution in [0.25, 0.3) is 0 Å². The van der Waals surface area contributed by atoms with E-state index in [1.54, 1.807) is 0 Å². The Kier molecular flexibility index (Phi) is 3.94. The van der Waals surface area contributed by atoms with E-state index in [0.29, 0.717) is 0 Å². The van der Waals surface area contributed by atoms with Crippen LogP contribution in [0.5, 0.6) is 0 Å². The highest BCUT2D eigenvalue weighted by Crippen LogP contribution is 2.12. The zero-order valence-corrected chi connectivity index (χ0v) is 8.39. The van der Waals surface area contributed by atoms with E-state index in [-0.39, 0.29) is 7.24 Å². The summed E-state index contributed by atoms with van der Waals surface area (Å²) in [6, 6.07) is 6.81. The van der Waals surface area contributed by atoms with E-state index in [1.165, 1.54) is 30.5 Å². The molecule has 0 aliphatic heterocycles. The summed E-state index contributed by atoms with van der Waals surface area (Å²) in [4.78, 5) is 0. The Bertz CT molecular complexity index is 243. The quantitative estimate of drug-likeness (QED) is 0.659. The molecule has 0 heterocycles. The Morgan fingerprint density at radius 3 is 2.46 bits per heavy atom. The van der Waals surface area contributed by atoms with Crippen molar-refractivity contribution in [3.05, 3.63) is 35.6 Å². The highest BCUT2D eigenvalue weighted by Gasteiger charge is 1.99. The Balaban J connectivity index is 0.00000169. The van der Waals surface area contributed by atoms with Crippen LogP contribution in [0.15, 0.2) is 24.3 Å². The lowest BCUT2D eigenvalue weighted by Crippen LogP contribution is -1.95. The zero-order chi connectivity index (χ0) is 9.68. The molecule has 0 fully saturated rings. The van der Waals surface area contributed by atoms with E-state index >= 15 is 0 Å². The monoisotopic (exact) mass is 182 g/mol. The summed E-state index contributed by atoms with van der Waals surface area (Å²) in [5.41, 5.74) is 1.24. The standard InChI is InChI=1S/C12H17F.H2/c1-3-10(2)4-5-11-6-8-12(13)9-7-11;/h6-10H,3-5H2,1-2H3;1H. The van der Waals surface area contributed by atoms with Crippen LogP contribution in [0.1, 0.15) is 33.7 Å². The fourth-order valence-corrected chi connectivity index (χ4v) is 1.27. The van der Waals surface area contributed by atoms with Crippen LogP contribution >= 0.6 is 0 Å². The van der Waals surface area contributed by atoms with Gasteiger partial charge < -0.3 is 0 Å². The van der Waals surface area contributed by atoms with Gasteiger partial charge in [0.15, 0.2) is 0 Å². The van der Waals surface area contributed by atoms with E-state index in [9.17, 15) is 4.39 Å². The van der Waals surface area contributed by atoms with Crippen LogP contribution in [-0.4, -0.2) is 0 Å². The normalized spacial score (nSPS) is 12.8. The molecule has 1 heteroatoms.